The molecule has 0 radical (unpaired) electrons. The summed E-state index contributed by atoms with van der Waals surface area (Å²) in [7, 11) is 1.48. The number of hydrogen-bond donors (Lipinski definition) is 2. The maximum absolute atomic E-state index is 17.1. The van der Waals surface area contributed by atoms with E-state index in [2.05, 4.69) is 20.1 Å². The summed E-state index contributed by atoms with van der Waals surface area (Å²) in [5, 5.41) is 19.5. The standard InChI is InChI=1S/C34H41ClFN7O5/c1-19-12-22-21(13-37-41-22)24(26(19)35)28-27(36)29-25(31(38-28)45-3)30(42-10-11-46-17-33(2,44)16-42)40-32(39-29)48-18-34-7-4-6-23(34)43(9-5-8-34)20-14-47-15-20/h12-13,20,23,44H,4-11,14-18H2,1-3H3,(H,37,41)/t23-,33+,34-/m1/s1. The minimum absolute atomic E-state index is 0.00626. The number of aryl methyl sites for hydroxylation is 1. The number of halogens is 2. The minimum Gasteiger partial charge on any atom is -0.480 e. The molecule has 4 fully saturated rings. The highest BCUT2D eigenvalue weighted by molar-refractivity contribution is 6.35. The van der Waals surface area contributed by atoms with E-state index in [-0.39, 0.29) is 47.1 Å². The summed E-state index contributed by atoms with van der Waals surface area (Å²) in [6.45, 7) is 7.69. The number of likely N-dealkylation sites (tertiary alicyclic amines) is 1. The van der Waals surface area contributed by atoms with Crippen LogP contribution in [0.25, 0.3) is 33.1 Å². The normalized spacial score (nSPS) is 26.9. The molecule has 0 unspecified atom stereocenters. The molecule has 256 valence electrons. The van der Waals surface area contributed by atoms with Gasteiger partial charge in [0.25, 0.3) is 0 Å². The first-order chi connectivity index (χ1) is 23.2. The van der Waals surface area contributed by atoms with Gasteiger partial charge in [-0.2, -0.15) is 15.1 Å². The number of fused-ring (bicyclic) bond motifs is 3. The first-order valence-electron chi connectivity index (χ1n) is 16.8. The lowest BCUT2D eigenvalue weighted by Gasteiger charge is -2.51. The number of rotatable bonds is 7. The summed E-state index contributed by atoms with van der Waals surface area (Å²) in [5.41, 5.74) is 0.586. The van der Waals surface area contributed by atoms with Gasteiger partial charge in [-0.15, -0.1) is 0 Å². The van der Waals surface area contributed by atoms with Gasteiger partial charge in [-0.05, 0) is 57.7 Å². The summed E-state index contributed by atoms with van der Waals surface area (Å²) < 4.78 is 40.7. The number of benzene rings is 1. The summed E-state index contributed by atoms with van der Waals surface area (Å²) in [6, 6.07) is 2.78. The molecule has 1 saturated carbocycles. The van der Waals surface area contributed by atoms with Crippen molar-refractivity contribution in [3.05, 3.63) is 28.7 Å². The lowest BCUT2D eigenvalue weighted by molar-refractivity contribution is -0.115. The Balaban J connectivity index is 1.27. The lowest BCUT2D eigenvalue weighted by Crippen LogP contribution is -2.60. The third-order valence-corrected chi connectivity index (χ3v) is 11.2. The second-order valence-corrected chi connectivity index (χ2v) is 14.5. The van der Waals surface area contributed by atoms with E-state index >= 15 is 4.39 Å². The highest BCUT2D eigenvalue weighted by Crippen LogP contribution is 2.49. The molecule has 0 spiro atoms. The molecule has 0 bridgehead atoms. The monoisotopic (exact) mass is 681 g/mol. The Morgan fingerprint density at radius 2 is 2.00 bits per heavy atom. The Morgan fingerprint density at radius 1 is 1.17 bits per heavy atom. The van der Waals surface area contributed by atoms with Gasteiger partial charge in [-0.3, -0.25) is 10.00 Å². The Hall–Kier alpha value is -3.36. The molecule has 4 aromatic rings. The van der Waals surface area contributed by atoms with Crippen LogP contribution in [0.2, 0.25) is 5.02 Å². The van der Waals surface area contributed by atoms with E-state index < -0.39 is 11.4 Å². The first kappa shape index (κ1) is 31.9. The number of H-pyrrole nitrogens is 1. The molecule has 0 amide bonds. The molecule has 1 aromatic carbocycles. The van der Waals surface area contributed by atoms with Gasteiger partial charge in [0.05, 0.1) is 69.5 Å². The molecule has 8 rings (SSSR count). The van der Waals surface area contributed by atoms with Gasteiger partial charge < -0.3 is 29.0 Å². The SMILES string of the molecule is COc1nc(-c2c(Cl)c(C)cc3[nH]ncc23)c(F)c2nc(OC[C@]34CCC[C@H]3N(C3COC3)CCC4)nc(N3CCOC[C@@](C)(O)C3)c12. The second kappa shape index (κ2) is 12.2. The number of β-amino-alcohol motifs (C(OH)–C–C–N with tert-alkyl or cyclic N) is 1. The van der Waals surface area contributed by atoms with E-state index in [0.717, 1.165) is 57.4 Å². The zero-order valence-electron chi connectivity index (χ0n) is 27.5. The van der Waals surface area contributed by atoms with Crippen LogP contribution in [0, 0.1) is 18.2 Å². The quantitative estimate of drug-likeness (QED) is 0.282. The molecule has 1 aliphatic carbocycles. The van der Waals surface area contributed by atoms with E-state index in [4.69, 9.17) is 40.5 Å². The van der Waals surface area contributed by atoms with Gasteiger partial charge in [0.1, 0.15) is 28.0 Å². The molecule has 6 heterocycles. The molecule has 3 aromatic heterocycles. The molecule has 3 aliphatic heterocycles. The largest absolute Gasteiger partial charge is 0.480 e. The maximum Gasteiger partial charge on any atom is 0.319 e. The van der Waals surface area contributed by atoms with E-state index in [1.165, 1.54) is 7.11 Å². The molecule has 3 atom stereocenters. The lowest BCUT2D eigenvalue weighted by atomic mass is 9.75. The molecule has 3 saturated heterocycles. The van der Waals surface area contributed by atoms with E-state index in [0.29, 0.717) is 59.1 Å². The third kappa shape index (κ3) is 5.34. The topological polar surface area (TPSA) is 131 Å². The van der Waals surface area contributed by atoms with Crippen LogP contribution in [0.15, 0.2) is 12.3 Å². The Bertz CT molecular complexity index is 1870. The van der Waals surface area contributed by atoms with E-state index in [1.54, 1.807) is 13.1 Å². The summed E-state index contributed by atoms with van der Waals surface area (Å²) in [4.78, 5) is 18.8. The van der Waals surface area contributed by atoms with Crippen LogP contribution in [0.5, 0.6) is 11.9 Å². The fourth-order valence-electron chi connectivity index (χ4n) is 8.33. The number of pyridine rings is 1. The summed E-state index contributed by atoms with van der Waals surface area (Å²) >= 11 is 6.84. The second-order valence-electron chi connectivity index (χ2n) is 14.1. The number of aromatic amines is 1. The molecule has 2 N–H and O–H groups in total. The smallest absolute Gasteiger partial charge is 0.319 e. The molecule has 4 aliphatic rings. The van der Waals surface area contributed by atoms with Gasteiger partial charge >= 0.3 is 6.01 Å². The number of hydrogen-bond acceptors (Lipinski definition) is 11. The molecular formula is C34H41ClFN7O5. The van der Waals surface area contributed by atoms with Crippen molar-refractivity contribution in [2.24, 2.45) is 5.41 Å². The number of anilines is 1. The number of methoxy groups -OCH3 is 1. The Kier molecular flexibility index (Phi) is 8.10. The van der Waals surface area contributed by atoms with Crippen molar-refractivity contribution in [2.45, 2.75) is 63.6 Å². The van der Waals surface area contributed by atoms with Crippen molar-refractivity contribution in [3.8, 4) is 23.1 Å². The average molecular weight is 682 g/mol. The van der Waals surface area contributed by atoms with Crippen molar-refractivity contribution in [3.63, 3.8) is 0 Å². The van der Waals surface area contributed by atoms with Crippen LogP contribution in [-0.2, 0) is 9.47 Å². The first-order valence-corrected chi connectivity index (χ1v) is 17.1. The van der Waals surface area contributed by atoms with Crippen LogP contribution in [0.1, 0.15) is 44.6 Å². The van der Waals surface area contributed by atoms with Crippen LogP contribution >= 0.6 is 11.6 Å². The van der Waals surface area contributed by atoms with Crippen LogP contribution in [-0.4, -0.2) is 113 Å². The van der Waals surface area contributed by atoms with Crippen LogP contribution in [0.3, 0.4) is 0 Å². The van der Waals surface area contributed by atoms with Gasteiger partial charge in [0, 0.05) is 29.0 Å². The third-order valence-electron chi connectivity index (χ3n) is 10.7. The van der Waals surface area contributed by atoms with Crippen molar-refractivity contribution in [1.29, 1.82) is 0 Å². The number of ether oxygens (including phenoxy) is 4. The predicted molar refractivity (Wildman–Crippen MR) is 178 cm³/mol. The van der Waals surface area contributed by atoms with Gasteiger partial charge in [0.2, 0.25) is 5.88 Å². The fourth-order valence-corrected chi connectivity index (χ4v) is 8.57. The molecular weight excluding hydrogens is 641 g/mol. The predicted octanol–water partition coefficient (Wildman–Crippen LogP) is 4.68. The number of nitrogens with zero attached hydrogens (tertiary/aromatic N) is 6. The molecule has 14 heteroatoms. The van der Waals surface area contributed by atoms with E-state index in [1.807, 2.05) is 17.9 Å². The van der Waals surface area contributed by atoms with Crippen molar-refractivity contribution >= 4 is 39.2 Å². The highest BCUT2D eigenvalue weighted by atomic mass is 35.5. The summed E-state index contributed by atoms with van der Waals surface area (Å²) in [6.07, 6.45) is 7.05. The average Bonchev–Trinajstić information content (AvgIpc) is 3.65. The molecule has 12 nitrogen and oxygen atoms in total. The summed E-state index contributed by atoms with van der Waals surface area (Å²) in [5.74, 6) is -0.198. The van der Waals surface area contributed by atoms with Crippen LogP contribution < -0.4 is 14.4 Å². The van der Waals surface area contributed by atoms with Gasteiger partial charge in [-0.1, -0.05) is 18.0 Å². The highest BCUT2D eigenvalue weighted by Gasteiger charge is 2.51. The number of aromatic nitrogens is 5. The van der Waals surface area contributed by atoms with Crippen molar-refractivity contribution in [2.75, 3.05) is 64.7 Å². The zero-order chi connectivity index (χ0) is 33.2. The number of aliphatic hydroxyl groups is 1. The maximum atomic E-state index is 17.1. The zero-order valence-corrected chi connectivity index (χ0v) is 28.3. The minimum atomic E-state index is -1.18. The number of piperidine rings is 1. The van der Waals surface area contributed by atoms with Gasteiger partial charge in [0.15, 0.2) is 5.82 Å². The van der Waals surface area contributed by atoms with Gasteiger partial charge in [-0.25, -0.2) is 9.37 Å². The Labute approximate surface area is 282 Å². The fraction of sp³-hybridized carbons (Fsp3) is 0.588. The van der Waals surface area contributed by atoms with Crippen molar-refractivity contribution in [1.82, 2.24) is 30.0 Å². The number of nitrogens with one attached hydrogen (secondary N) is 1. The Morgan fingerprint density at radius 3 is 2.79 bits per heavy atom. The molecule has 48 heavy (non-hydrogen) atoms. The van der Waals surface area contributed by atoms with Crippen molar-refractivity contribution < 1.29 is 28.4 Å². The van der Waals surface area contributed by atoms with Crippen LogP contribution in [0.4, 0.5) is 10.2 Å². The van der Waals surface area contributed by atoms with E-state index in [9.17, 15) is 5.11 Å².